The van der Waals surface area contributed by atoms with E-state index in [0.29, 0.717) is 5.69 Å². The number of anilines is 1. The standard InChI is InChI=1S/C12H15N3O3S/c1-8-7-12(16)15(13-8)9(2)10-3-5-11(6-4-10)14-19(17)18/h3-7,9,13-14H,1-2H3,(H,17,18)/p-1. The summed E-state index contributed by atoms with van der Waals surface area (Å²) in [5.41, 5.74) is 2.11. The van der Waals surface area contributed by atoms with E-state index in [1.807, 2.05) is 13.8 Å². The molecule has 0 aliphatic carbocycles. The van der Waals surface area contributed by atoms with Crippen LogP contribution in [0.15, 0.2) is 35.1 Å². The molecule has 6 nitrogen and oxygen atoms in total. The molecule has 1 aromatic carbocycles. The van der Waals surface area contributed by atoms with Crippen LogP contribution in [0.3, 0.4) is 0 Å². The molecule has 0 amide bonds. The molecule has 0 fully saturated rings. The third kappa shape index (κ3) is 3.12. The van der Waals surface area contributed by atoms with Crippen LogP contribution < -0.4 is 10.3 Å². The van der Waals surface area contributed by atoms with Crippen molar-refractivity contribution in [1.82, 2.24) is 9.78 Å². The molecule has 1 aromatic heterocycles. The predicted octanol–water partition coefficient (Wildman–Crippen LogP) is 1.30. The molecule has 2 unspecified atom stereocenters. The minimum atomic E-state index is -2.33. The number of nitrogens with zero attached hydrogens (tertiary/aromatic N) is 1. The van der Waals surface area contributed by atoms with E-state index < -0.39 is 11.3 Å². The summed E-state index contributed by atoms with van der Waals surface area (Å²) in [5.74, 6) is 0. The Labute approximate surface area is 112 Å². The van der Waals surface area contributed by atoms with Crippen LogP contribution in [-0.2, 0) is 11.3 Å². The molecule has 7 heteroatoms. The van der Waals surface area contributed by atoms with Crippen molar-refractivity contribution < 1.29 is 8.76 Å². The first-order valence-electron chi connectivity index (χ1n) is 5.71. The van der Waals surface area contributed by atoms with Crippen LogP contribution in [0.5, 0.6) is 0 Å². The molecule has 0 bridgehead atoms. The largest absolute Gasteiger partial charge is 0.755 e. The molecule has 2 aromatic rings. The average Bonchev–Trinajstić information content (AvgIpc) is 2.68. The number of aromatic amines is 1. The van der Waals surface area contributed by atoms with Crippen LogP contribution in [0.2, 0.25) is 0 Å². The normalized spacial score (nSPS) is 14.1. The van der Waals surface area contributed by atoms with Gasteiger partial charge in [0.15, 0.2) is 0 Å². The average molecular weight is 280 g/mol. The lowest BCUT2D eigenvalue weighted by atomic mass is 10.1. The van der Waals surface area contributed by atoms with Crippen molar-refractivity contribution in [2.45, 2.75) is 19.9 Å². The summed E-state index contributed by atoms with van der Waals surface area (Å²) in [4.78, 5) is 11.7. The van der Waals surface area contributed by atoms with E-state index in [2.05, 4.69) is 9.82 Å². The second kappa shape index (κ2) is 5.41. The quantitative estimate of drug-likeness (QED) is 0.827. The number of rotatable bonds is 4. The zero-order valence-corrected chi connectivity index (χ0v) is 11.4. The summed E-state index contributed by atoms with van der Waals surface area (Å²) in [5, 5.41) is 2.98. The van der Waals surface area contributed by atoms with Gasteiger partial charge in [-0.1, -0.05) is 12.1 Å². The third-order valence-electron chi connectivity index (χ3n) is 2.86. The van der Waals surface area contributed by atoms with Crippen molar-refractivity contribution in [3.8, 4) is 0 Å². The molecular formula is C12H14N3O3S-. The molecule has 2 rings (SSSR count). The van der Waals surface area contributed by atoms with Gasteiger partial charge in [-0.15, -0.1) is 0 Å². The zero-order chi connectivity index (χ0) is 14.0. The number of H-pyrrole nitrogens is 1. The fourth-order valence-electron chi connectivity index (χ4n) is 1.89. The Hall–Kier alpha value is -1.86. The summed E-state index contributed by atoms with van der Waals surface area (Å²) < 4.78 is 24.8. The Bertz CT molecular complexity index is 645. The van der Waals surface area contributed by atoms with Crippen molar-refractivity contribution in [3.05, 3.63) is 51.9 Å². The monoisotopic (exact) mass is 280 g/mol. The Morgan fingerprint density at radius 3 is 2.47 bits per heavy atom. The molecule has 0 aliphatic heterocycles. The Balaban J connectivity index is 2.24. The van der Waals surface area contributed by atoms with Gasteiger partial charge in [0, 0.05) is 28.7 Å². The van der Waals surface area contributed by atoms with E-state index >= 15 is 0 Å². The van der Waals surface area contributed by atoms with Gasteiger partial charge in [0.05, 0.1) is 6.04 Å². The Morgan fingerprint density at radius 1 is 1.37 bits per heavy atom. The van der Waals surface area contributed by atoms with Gasteiger partial charge in [-0.2, -0.15) is 0 Å². The van der Waals surface area contributed by atoms with Crippen LogP contribution in [0.25, 0.3) is 0 Å². The number of aryl methyl sites for hydroxylation is 1. The highest BCUT2D eigenvalue weighted by molar-refractivity contribution is 7.80. The van der Waals surface area contributed by atoms with Gasteiger partial charge in [-0.3, -0.25) is 14.1 Å². The van der Waals surface area contributed by atoms with Crippen molar-refractivity contribution in [1.29, 1.82) is 0 Å². The lowest BCUT2D eigenvalue weighted by molar-refractivity contribution is 0.542. The van der Waals surface area contributed by atoms with E-state index in [9.17, 15) is 13.6 Å². The van der Waals surface area contributed by atoms with Gasteiger partial charge in [0.25, 0.3) is 5.56 Å². The predicted molar refractivity (Wildman–Crippen MR) is 72.6 cm³/mol. The van der Waals surface area contributed by atoms with Crippen LogP contribution in [0, 0.1) is 6.92 Å². The molecule has 0 radical (unpaired) electrons. The fourth-order valence-corrected chi connectivity index (χ4v) is 2.22. The number of nitrogens with one attached hydrogen (secondary N) is 2. The summed E-state index contributed by atoms with van der Waals surface area (Å²) in [7, 11) is 0. The summed E-state index contributed by atoms with van der Waals surface area (Å²) in [6.45, 7) is 3.72. The summed E-state index contributed by atoms with van der Waals surface area (Å²) in [6, 6.07) is 8.26. The third-order valence-corrected chi connectivity index (χ3v) is 3.26. The van der Waals surface area contributed by atoms with E-state index in [0.717, 1.165) is 11.3 Å². The Morgan fingerprint density at radius 2 is 2.00 bits per heavy atom. The van der Waals surface area contributed by atoms with Gasteiger partial charge < -0.3 is 9.27 Å². The molecule has 0 spiro atoms. The number of hydrogen-bond donors (Lipinski definition) is 2. The SMILES string of the molecule is Cc1cc(=O)n(C(C)c2ccc(NS(=O)[O-])cc2)[nH]1. The van der Waals surface area contributed by atoms with Gasteiger partial charge in [-0.05, 0) is 31.5 Å². The number of hydrogen-bond acceptors (Lipinski definition) is 3. The summed E-state index contributed by atoms with van der Waals surface area (Å²) in [6.07, 6.45) is 0. The van der Waals surface area contributed by atoms with E-state index in [1.54, 1.807) is 24.3 Å². The maximum Gasteiger partial charge on any atom is 0.267 e. The van der Waals surface area contributed by atoms with Crippen molar-refractivity contribution >= 4 is 17.0 Å². The first-order chi connectivity index (χ1) is 8.97. The molecule has 102 valence electrons. The second-order valence-electron chi connectivity index (χ2n) is 4.28. The molecule has 1 heterocycles. The molecule has 19 heavy (non-hydrogen) atoms. The van der Waals surface area contributed by atoms with Crippen LogP contribution in [-0.4, -0.2) is 18.5 Å². The number of aromatic nitrogens is 2. The van der Waals surface area contributed by atoms with Crippen molar-refractivity contribution in [2.75, 3.05) is 4.72 Å². The maximum absolute atomic E-state index is 11.7. The van der Waals surface area contributed by atoms with Crippen LogP contribution >= 0.6 is 0 Å². The lowest BCUT2D eigenvalue weighted by Gasteiger charge is -2.14. The first kappa shape index (κ1) is 13.6. The van der Waals surface area contributed by atoms with E-state index in [1.165, 1.54) is 10.7 Å². The smallest absolute Gasteiger partial charge is 0.267 e. The van der Waals surface area contributed by atoms with Crippen molar-refractivity contribution in [2.24, 2.45) is 0 Å². The minimum Gasteiger partial charge on any atom is -0.755 e. The highest BCUT2D eigenvalue weighted by atomic mass is 32.2. The van der Waals surface area contributed by atoms with E-state index in [-0.39, 0.29) is 11.6 Å². The molecule has 0 saturated heterocycles. The second-order valence-corrected chi connectivity index (χ2v) is 4.96. The lowest BCUT2D eigenvalue weighted by Crippen LogP contribution is -2.20. The van der Waals surface area contributed by atoms with Gasteiger partial charge >= 0.3 is 0 Å². The van der Waals surface area contributed by atoms with Crippen molar-refractivity contribution in [3.63, 3.8) is 0 Å². The topological polar surface area (TPSA) is 89.9 Å². The summed E-state index contributed by atoms with van der Waals surface area (Å²) >= 11 is -2.33. The fraction of sp³-hybridized carbons (Fsp3) is 0.250. The van der Waals surface area contributed by atoms with Crippen LogP contribution in [0.4, 0.5) is 5.69 Å². The maximum atomic E-state index is 11.7. The highest BCUT2D eigenvalue weighted by Crippen LogP contribution is 2.18. The zero-order valence-electron chi connectivity index (χ0n) is 10.5. The molecular weight excluding hydrogens is 266 g/mol. The number of benzene rings is 1. The Kier molecular flexibility index (Phi) is 3.87. The van der Waals surface area contributed by atoms with E-state index in [4.69, 9.17) is 0 Å². The highest BCUT2D eigenvalue weighted by Gasteiger charge is 2.10. The molecule has 2 N–H and O–H groups in total. The molecule has 0 aliphatic rings. The molecule has 0 saturated carbocycles. The first-order valence-corrected chi connectivity index (χ1v) is 6.79. The van der Waals surface area contributed by atoms with Gasteiger partial charge in [-0.25, -0.2) is 4.68 Å². The minimum absolute atomic E-state index is 0.0899. The molecule has 2 atom stereocenters. The van der Waals surface area contributed by atoms with Gasteiger partial charge in [0.1, 0.15) is 0 Å². The van der Waals surface area contributed by atoms with Crippen LogP contribution in [0.1, 0.15) is 24.2 Å². The van der Waals surface area contributed by atoms with Gasteiger partial charge in [0.2, 0.25) is 0 Å².